The first kappa shape index (κ1) is 24.4. The number of pyridine rings is 3. The number of carbonyl (C=O) groups is 1. The summed E-state index contributed by atoms with van der Waals surface area (Å²) in [7, 11) is 5.63. The van der Waals surface area contributed by atoms with Gasteiger partial charge in [0.05, 0.1) is 24.7 Å². The number of hydrogen-bond donors (Lipinski definition) is 2. The van der Waals surface area contributed by atoms with E-state index < -0.39 is 0 Å². The molecule has 4 aromatic heterocycles. The molecule has 0 bridgehead atoms. The van der Waals surface area contributed by atoms with Crippen molar-refractivity contribution in [3.63, 3.8) is 0 Å². The third-order valence-corrected chi connectivity index (χ3v) is 6.28. The number of aromatic nitrogens is 5. The van der Waals surface area contributed by atoms with Crippen molar-refractivity contribution in [2.75, 3.05) is 51.5 Å². The van der Waals surface area contributed by atoms with E-state index >= 15 is 0 Å². The highest BCUT2D eigenvalue weighted by atomic mass is 16.5. The zero-order valence-corrected chi connectivity index (χ0v) is 21.4. The van der Waals surface area contributed by atoms with Gasteiger partial charge in [-0.2, -0.15) is 5.10 Å². The van der Waals surface area contributed by atoms with Crippen molar-refractivity contribution >= 4 is 34.4 Å². The molecule has 4 aromatic rings. The van der Waals surface area contributed by atoms with Gasteiger partial charge < -0.3 is 29.8 Å². The predicted octanol–water partition coefficient (Wildman–Crippen LogP) is 3.06. The highest BCUT2D eigenvalue weighted by Gasteiger charge is 2.19. The molecule has 0 unspecified atom stereocenters. The fraction of sp³-hybridized carbons (Fsp3) is 0.346. The molecule has 11 heteroatoms. The molecular weight excluding hydrogens is 472 g/mol. The first-order valence-corrected chi connectivity index (χ1v) is 12.1. The van der Waals surface area contributed by atoms with Crippen LogP contribution in [-0.4, -0.2) is 76.8 Å². The topological polar surface area (TPSA) is 119 Å². The number of anilines is 3. The van der Waals surface area contributed by atoms with Crippen LogP contribution in [0.1, 0.15) is 11.3 Å². The molecule has 1 aliphatic heterocycles. The maximum Gasteiger partial charge on any atom is 0.237 e. The van der Waals surface area contributed by atoms with E-state index in [4.69, 9.17) is 14.5 Å². The summed E-state index contributed by atoms with van der Waals surface area (Å²) in [6.07, 6.45) is 5.14. The Balaban J connectivity index is 1.49. The number of aldehydes is 1. The summed E-state index contributed by atoms with van der Waals surface area (Å²) in [5, 5.41) is 12.9. The SMILES string of the molecule is COc1nc(-c2cnc3c(c2C)NCCO3)cc2cc(Nc3cc(CCN(C)C)n(CC=O)n3)ncc12. The molecule has 0 spiro atoms. The molecule has 0 radical (unpaired) electrons. The van der Waals surface area contributed by atoms with Crippen molar-refractivity contribution in [2.24, 2.45) is 0 Å². The van der Waals surface area contributed by atoms with E-state index in [9.17, 15) is 4.79 Å². The Kier molecular flexibility index (Phi) is 6.87. The Hall–Kier alpha value is -4.25. The third-order valence-electron chi connectivity index (χ3n) is 6.28. The van der Waals surface area contributed by atoms with E-state index in [0.29, 0.717) is 30.0 Å². The molecule has 1 aliphatic rings. The number of likely N-dealkylation sites (N-methyl/N-ethyl adjacent to an activating group) is 1. The molecule has 0 aliphatic carbocycles. The molecule has 0 atom stereocenters. The van der Waals surface area contributed by atoms with E-state index in [2.05, 4.69) is 30.6 Å². The van der Waals surface area contributed by atoms with E-state index in [1.54, 1.807) is 24.2 Å². The van der Waals surface area contributed by atoms with Gasteiger partial charge in [0.15, 0.2) is 5.82 Å². The van der Waals surface area contributed by atoms with Gasteiger partial charge in [0.1, 0.15) is 24.4 Å². The molecule has 0 saturated heterocycles. The van der Waals surface area contributed by atoms with Crippen molar-refractivity contribution in [3.05, 3.63) is 41.9 Å². The largest absolute Gasteiger partial charge is 0.480 e. The van der Waals surface area contributed by atoms with Crippen LogP contribution in [0.15, 0.2) is 30.6 Å². The summed E-state index contributed by atoms with van der Waals surface area (Å²) >= 11 is 0. The Morgan fingerprint density at radius 3 is 2.86 bits per heavy atom. The van der Waals surface area contributed by atoms with E-state index in [1.165, 1.54) is 0 Å². The Labute approximate surface area is 214 Å². The summed E-state index contributed by atoms with van der Waals surface area (Å²) < 4.78 is 13.0. The molecule has 5 rings (SSSR count). The minimum atomic E-state index is 0.204. The number of ether oxygens (including phenoxy) is 2. The smallest absolute Gasteiger partial charge is 0.237 e. The fourth-order valence-corrected chi connectivity index (χ4v) is 4.38. The van der Waals surface area contributed by atoms with Crippen LogP contribution in [0.5, 0.6) is 11.8 Å². The summed E-state index contributed by atoms with van der Waals surface area (Å²) in [5.41, 5.74) is 4.50. The number of carbonyl (C=O) groups excluding carboxylic acids is 1. The monoisotopic (exact) mass is 502 g/mol. The van der Waals surface area contributed by atoms with Crippen LogP contribution in [0.2, 0.25) is 0 Å². The number of methoxy groups -OCH3 is 1. The average molecular weight is 503 g/mol. The van der Waals surface area contributed by atoms with Crippen LogP contribution >= 0.6 is 0 Å². The normalized spacial score (nSPS) is 12.7. The third kappa shape index (κ3) is 5.03. The van der Waals surface area contributed by atoms with Gasteiger partial charge in [0.2, 0.25) is 11.8 Å². The first-order valence-electron chi connectivity index (χ1n) is 12.1. The summed E-state index contributed by atoms with van der Waals surface area (Å²) in [4.78, 5) is 27.0. The predicted molar refractivity (Wildman–Crippen MR) is 142 cm³/mol. The highest BCUT2D eigenvalue weighted by molar-refractivity contribution is 5.92. The van der Waals surface area contributed by atoms with Gasteiger partial charge in [-0.05, 0) is 44.1 Å². The van der Waals surface area contributed by atoms with Gasteiger partial charge in [0.25, 0.3) is 0 Å². The fourth-order valence-electron chi connectivity index (χ4n) is 4.38. The highest BCUT2D eigenvalue weighted by Crippen LogP contribution is 2.37. The van der Waals surface area contributed by atoms with Crippen LogP contribution in [-0.2, 0) is 17.8 Å². The van der Waals surface area contributed by atoms with Gasteiger partial charge in [-0.1, -0.05) is 0 Å². The lowest BCUT2D eigenvalue weighted by atomic mass is 10.0. The van der Waals surface area contributed by atoms with Crippen LogP contribution in [0, 0.1) is 6.92 Å². The second-order valence-electron chi connectivity index (χ2n) is 9.11. The van der Waals surface area contributed by atoms with Gasteiger partial charge in [-0.3, -0.25) is 4.68 Å². The number of nitrogens with zero attached hydrogens (tertiary/aromatic N) is 6. The molecule has 0 amide bonds. The maximum atomic E-state index is 11.2. The zero-order valence-electron chi connectivity index (χ0n) is 21.4. The van der Waals surface area contributed by atoms with Crippen LogP contribution < -0.4 is 20.1 Å². The minimum Gasteiger partial charge on any atom is -0.480 e. The lowest BCUT2D eigenvalue weighted by Gasteiger charge is -2.21. The van der Waals surface area contributed by atoms with Gasteiger partial charge >= 0.3 is 0 Å². The lowest BCUT2D eigenvalue weighted by molar-refractivity contribution is -0.108. The number of hydrogen-bond acceptors (Lipinski definition) is 10. The van der Waals surface area contributed by atoms with Crippen molar-refractivity contribution in [1.29, 1.82) is 0 Å². The van der Waals surface area contributed by atoms with E-state index in [-0.39, 0.29) is 6.54 Å². The molecule has 0 aromatic carbocycles. The molecule has 0 fully saturated rings. The molecule has 192 valence electrons. The molecule has 37 heavy (non-hydrogen) atoms. The van der Waals surface area contributed by atoms with Crippen molar-refractivity contribution in [2.45, 2.75) is 19.9 Å². The molecule has 0 saturated carbocycles. The van der Waals surface area contributed by atoms with Crippen LogP contribution in [0.3, 0.4) is 0 Å². The average Bonchev–Trinajstić information content (AvgIpc) is 3.28. The number of fused-ring (bicyclic) bond motifs is 2. The summed E-state index contributed by atoms with van der Waals surface area (Å²) in [6.45, 7) is 4.41. The first-order chi connectivity index (χ1) is 18.0. The number of nitrogens with one attached hydrogen (secondary N) is 2. The van der Waals surface area contributed by atoms with Crippen molar-refractivity contribution in [3.8, 4) is 23.0 Å². The molecule has 5 heterocycles. The second kappa shape index (κ2) is 10.4. The van der Waals surface area contributed by atoms with Gasteiger partial charge in [-0.15, -0.1) is 0 Å². The molecule has 11 nitrogen and oxygen atoms in total. The summed E-state index contributed by atoms with van der Waals surface area (Å²) in [6, 6.07) is 5.89. The Bertz CT molecular complexity index is 1450. The van der Waals surface area contributed by atoms with E-state index in [1.807, 2.05) is 39.2 Å². The standard InChI is InChI=1S/C26H30N8O3/c1-16-19(14-29-26-24(16)27-6-10-37-26)21-11-17-12-22(28-15-20(17)25(30-21)36-4)31-23-13-18(5-7-33(2)3)34(32-23)8-9-35/h9,11-15,27H,5-8,10H2,1-4H3,(H,28,31,32). The van der Waals surface area contributed by atoms with Crippen LogP contribution in [0.4, 0.5) is 17.3 Å². The number of rotatable bonds is 9. The lowest BCUT2D eigenvalue weighted by Crippen LogP contribution is -2.20. The molecular formula is C26H30N8O3. The van der Waals surface area contributed by atoms with Crippen molar-refractivity contribution < 1.29 is 14.3 Å². The van der Waals surface area contributed by atoms with Gasteiger partial charge in [-0.25, -0.2) is 15.0 Å². The van der Waals surface area contributed by atoms with E-state index in [0.717, 1.165) is 64.8 Å². The second-order valence-corrected chi connectivity index (χ2v) is 9.11. The maximum absolute atomic E-state index is 11.2. The molecule has 2 N–H and O–H groups in total. The minimum absolute atomic E-state index is 0.204. The quantitative estimate of drug-likeness (QED) is 0.331. The summed E-state index contributed by atoms with van der Waals surface area (Å²) in [5.74, 6) is 2.34. The Morgan fingerprint density at radius 1 is 1.22 bits per heavy atom. The van der Waals surface area contributed by atoms with Gasteiger partial charge in [0, 0.05) is 49.2 Å². The van der Waals surface area contributed by atoms with Crippen molar-refractivity contribution in [1.82, 2.24) is 29.6 Å². The zero-order chi connectivity index (χ0) is 25.9. The van der Waals surface area contributed by atoms with Crippen LogP contribution in [0.25, 0.3) is 22.0 Å². The Morgan fingerprint density at radius 2 is 2.08 bits per heavy atom.